The summed E-state index contributed by atoms with van der Waals surface area (Å²) >= 11 is 1.55. The van der Waals surface area contributed by atoms with Crippen LogP contribution in [0, 0.1) is 0 Å². The number of rotatable bonds is 9. The lowest BCUT2D eigenvalue weighted by Crippen LogP contribution is -2.34. The molecule has 0 aliphatic carbocycles. The number of aromatic nitrogens is 2. The monoisotopic (exact) mass is 519 g/mol. The summed E-state index contributed by atoms with van der Waals surface area (Å²) in [5.41, 5.74) is 0.0812. The molecule has 10 heteroatoms. The molecular weight excluding hydrogens is 490 g/mol. The lowest BCUT2D eigenvalue weighted by molar-refractivity contribution is 0.0824. The Labute approximate surface area is 218 Å². The van der Waals surface area contributed by atoms with Gasteiger partial charge in [0.25, 0.3) is 17.0 Å². The fourth-order valence-electron chi connectivity index (χ4n) is 3.95. The fourth-order valence-corrected chi connectivity index (χ4v) is 4.81. The van der Waals surface area contributed by atoms with Crippen molar-refractivity contribution in [2.75, 3.05) is 24.7 Å². The summed E-state index contributed by atoms with van der Waals surface area (Å²) < 4.78 is 1.23. The number of hydrogen-bond acceptors (Lipinski definition) is 7. The molecule has 0 bridgehead atoms. The number of H-pyrrole nitrogens is 1. The van der Waals surface area contributed by atoms with Crippen molar-refractivity contribution in [3.63, 3.8) is 0 Å². The molecule has 2 aromatic carbocycles. The van der Waals surface area contributed by atoms with E-state index >= 15 is 0 Å². The third-order valence-electron chi connectivity index (χ3n) is 5.90. The molecule has 0 spiro atoms. The van der Waals surface area contributed by atoms with E-state index in [9.17, 15) is 19.5 Å². The molecule has 9 nitrogen and oxygen atoms in total. The molecule has 1 amide bonds. The highest BCUT2D eigenvalue weighted by Gasteiger charge is 2.22. The Kier molecular flexibility index (Phi) is 7.78. The minimum absolute atomic E-state index is 0.0283. The summed E-state index contributed by atoms with van der Waals surface area (Å²) in [6.07, 6.45) is 0.671. The number of amides is 1. The van der Waals surface area contributed by atoms with Gasteiger partial charge in [-0.25, -0.2) is 4.68 Å². The second-order valence-electron chi connectivity index (χ2n) is 8.71. The van der Waals surface area contributed by atoms with Crippen molar-refractivity contribution >= 4 is 34.3 Å². The molecule has 0 fully saturated rings. The molecule has 2 aromatic heterocycles. The van der Waals surface area contributed by atoms with E-state index in [4.69, 9.17) is 0 Å². The largest absolute Gasteiger partial charge is 0.505 e. The maximum Gasteiger partial charge on any atom is 0.291 e. The molecule has 37 heavy (non-hydrogen) atoms. The number of anilines is 3. The van der Waals surface area contributed by atoms with Gasteiger partial charge in [-0.2, -0.15) is 0 Å². The molecule has 1 atom stereocenters. The third-order valence-corrected chi connectivity index (χ3v) is 6.89. The van der Waals surface area contributed by atoms with Crippen molar-refractivity contribution in [3.05, 3.63) is 103 Å². The van der Waals surface area contributed by atoms with Crippen molar-refractivity contribution in [3.8, 4) is 5.75 Å². The highest BCUT2D eigenvalue weighted by molar-refractivity contribution is 7.10. The van der Waals surface area contributed by atoms with E-state index in [1.807, 2.05) is 54.8 Å². The van der Waals surface area contributed by atoms with Crippen molar-refractivity contribution in [2.45, 2.75) is 25.9 Å². The second-order valence-corrected chi connectivity index (χ2v) is 9.69. The summed E-state index contributed by atoms with van der Waals surface area (Å²) in [6.45, 7) is 2.13. The maximum atomic E-state index is 13.7. The Bertz CT molecular complexity index is 1490. The van der Waals surface area contributed by atoms with Crippen LogP contribution in [0.25, 0.3) is 0 Å². The third kappa shape index (κ3) is 5.59. The van der Waals surface area contributed by atoms with Crippen LogP contribution in [-0.2, 0) is 6.54 Å². The highest BCUT2D eigenvalue weighted by atomic mass is 32.1. The van der Waals surface area contributed by atoms with E-state index < -0.39 is 17.0 Å². The van der Waals surface area contributed by atoms with Gasteiger partial charge in [0.05, 0.1) is 23.8 Å². The van der Waals surface area contributed by atoms with E-state index in [1.165, 1.54) is 15.6 Å². The van der Waals surface area contributed by atoms with Crippen LogP contribution in [0.5, 0.6) is 5.75 Å². The molecule has 2 heterocycles. The number of aromatic amines is 1. The minimum Gasteiger partial charge on any atom is -0.505 e. The molecule has 0 aliphatic rings. The first-order valence-electron chi connectivity index (χ1n) is 11.8. The second kappa shape index (κ2) is 11.2. The predicted molar refractivity (Wildman–Crippen MR) is 147 cm³/mol. The first kappa shape index (κ1) is 25.8. The van der Waals surface area contributed by atoms with Crippen LogP contribution in [0.3, 0.4) is 0 Å². The quantitative estimate of drug-likeness (QED) is 0.244. The molecule has 4 aromatic rings. The van der Waals surface area contributed by atoms with E-state index in [1.54, 1.807) is 37.6 Å². The van der Waals surface area contributed by atoms with Gasteiger partial charge in [0.15, 0.2) is 5.75 Å². The molecule has 4 N–H and O–H groups in total. The van der Waals surface area contributed by atoms with E-state index in [2.05, 4.69) is 15.7 Å². The fraction of sp³-hybridized carbons (Fsp3) is 0.222. The van der Waals surface area contributed by atoms with Crippen LogP contribution in [0.4, 0.5) is 17.1 Å². The van der Waals surface area contributed by atoms with Crippen LogP contribution < -0.4 is 21.8 Å². The van der Waals surface area contributed by atoms with Gasteiger partial charge in [0, 0.05) is 19.0 Å². The Hall–Kier alpha value is -4.31. The number of aromatic hydroxyl groups is 1. The Morgan fingerprint density at radius 2 is 1.81 bits per heavy atom. The summed E-state index contributed by atoms with van der Waals surface area (Å²) in [5.74, 6) is -0.706. The number of benzene rings is 2. The summed E-state index contributed by atoms with van der Waals surface area (Å²) in [5, 5.41) is 21.7. The molecule has 0 saturated heterocycles. The van der Waals surface area contributed by atoms with Gasteiger partial charge in [-0.3, -0.25) is 19.5 Å². The molecule has 192 valence electrons. The minimum atomic E-state index is -0.493. The van der Waals surface area contributed by atoms with Gasteiger partial charge < -0.3 is 20.6 Å². The molecule has 1 unspecified atom stereocenters. The SMILES string of the molecule is CCC(Nc1c(Nc2cccc(C(=O)N(C)C)c2O)c(=O)n(Cc2ccccc2)[nH]c1=O)c1cccs1. The molecular formula is C27H29N5O4S. The van der Waals surface area contributed by atoms with E-state index in [0.717, 1.165) is 10.4 Å². The van der Waals surface area contributed by atoms with Gasteiger partial charge in [0.2, 0.25) is 0 Å². The average Bonchev–Trinajstić information content (AvgIpc) is 3.43. The number of thiophene rings is 1. The van der Waals surface area contributed by atoms with Gasteiger partial charge in [-0.05, 0) is 35.6 Å². The number of nitrogens with one attached hydrogen (secondary N) is 3. The first-order valence-corrected chi connectivity index (χ1v) is 12.7. The molecule has 0 saturated carbocycles. The lowest BCUT2D eigenvalue weighted by Gasteiger charge is -2.21. The lowest BCUT2D eigenvalue weighted by atomic mass is 10.1. The van der Waals surface area contributed by atoms with Gasteiger partial charge in [-0.15, -0.1) is 11.3 Å². The molecule has 0 aliphatic heterocycles. The predicted octanol–water partition coefficient (Wildman–Crippen LogP) is 4.36. The zero-order valence-corrected chi connectivity index (χ0v) is 21.6. The number of phenolic OH excluding ortho intramolecular Hbond substituents is 1. The normalized spacial score (nSPS) is 11.6. The molecule has 0 radical (unpaired) electrons. The zero-order valence-electron chi connectivity index (χ0n) is 20.8. The van der Waals surface area contributed by atoms with Crippen LogP contribution in [0.2, 0.25) is 0 Å². The standard InChI is InChI=1S/C27H29N5O4S/c1-4-19(21-14-9-15-37-21)28-22-23(29-20-13-8-12-18(24(20)33)26(35)31(2)3)27(36)32(30-25(22)34)16-17-10-6-5-7-11-17/h5-15,19,28-29,33H,4,16H2,1-3H3,(H,30,34). The van der Waals surface area contributed by atoms with Gasteiger partial charge in [0.1, 0.15) is 11.4 Å². The van der Waals surface area contributed by atoms with Crippen LogP contribution in [0.15, 0.2) is 75.6 Å². The Morgan fingerprint density at radius 3 is 2.46 bits per heavy atom. The smallest absolute Gasteiger partial charge is 0.291 e. The number of nitrogens with zero attached hydrogens (tertiary/aromatic N) is 2. The number of hydrogen-bond donors (Lipinski definition) is 4. The van der Waals surface area contributed by atoms with Crippen molar-refractivity contribution in [1.29, 1.82) is 0 Å². The topological polar surface area (TPSA) is 119 Å². The number of phenols is 1. The summed E-state index contributed by atoms with van der Waals surface area (Å²) in [7, 11) is 3.16. The average molecular weight is 520 g/mol. The number of carbonyl (C=O) groups excluding carboxylic acids is 1. The van der Waals surface area contributed by atoms with E-state index in [-0.39, 0.29) is 41.0 Å². The first-order chi connectivity index (χ1) is 17.8. The van der Waals surface area contributed by atoms with Gasteiger partial charge in [-0.1, -0.05) is 49.4 Å². The number of carbonyl (C=O) groups is 1. The highest BCUT2D eigenvalue weighted by Crippen LogP contribution is 2.33. The van der Waals surface area contributed by atoms with Crippen molar-refractivity contribution in [2.24, 2.45) is 0 Å². The maximum absolute atomic E-state index is 13.7. The Balaban J connectivity index is 1.83. The van der Waals surface area contributed by atoms with Crippen molar-refractivity contribution < 1.29 is 9.90 Å². The van der Waals surface area contributed by atoms with Crippen LogP contribution >= 0.6 is 11.3 Å². The number of para-hydroxylation sites is 1. The zero-order chi connectivity index (χ0) is 26.5. The summed E-state index contributed by atoms with van der Waals surface area (Å²) in [6, 6.07) is 17.6. The van der Waals surface area contributed by atoms with Crippen LogP contribution in [-0.4, -0.2) is 39.8 Å². The Morgan fingerprint density at radius 1 is 1.05 bits per heavy atom. The molecule has 4 rings (SSSR count). The van der Waals surface area contributed by atoms with Crippen LogP contribution in [0.1, 0.15) is 40.2 Å². The van der Waals surface area contributed by atoms with Gasteiger partial charge >= 0.3 is 0 Å². The summed E-state index contributed by atoms with van der Waals surface area (Å²) in [4.78, 5) is 41.9. The van der Waals surface area contributed by atoms with E-state index in [0.29, 0.717) is 6.42 Å². The van der Waals surface area contributed by atoms with Crippen molar-refractivity contribution in [1.82, 2.24) is 14.7 Å².